The zero-order chi connectivity index (χ0) is 20.1. The number of aryl methyl sites for hydroxylation is 2. The molecule has 0 fully saturated rings. The van der Waals surface area contributed by atoms with Gasteiger partial charge in [-0.25, -0.2) is 4.79 Å². The standard InChI is InChI=1S/C21H20ClNO5/c1-13-3-5-16(9-14(13)2)23-19(24)12-28-20(25)6-4-15-10-17(22)21-18(11-15)26-7-8-27-21/h3-6,9-11H,7-8,12H2,1-2H3,(H,23,24)/b6-4-. The molecule has 1 aliphatic heterocycles. The molecule has 1 amide bonds. The first-order valence-corrected chi connectivity index (χ1v) is 9.11. The van der Waals surface area contributed by atoms with Crippen LogP contribution in [0.2, 0.25) is 5.02 Å². The second kappa shape index (κ2) is 8.80. The maximum absolute atomic E-state index is 11.9. The summed E-state index contributed by atoms with van der Waals surface area (Å²) in [5.74, 6) is -0.0242. The van der Waals surface area contributed by atoms with Crippen LogP contribution in [0.15, 0.2) is 36.4 Å². The van der Waals surface area contributed by atoms with Crippen LogP contribution in [0.25, 0.3) is 6.08 Å². The summed E-state index contributed by atoms with van der Waals surface area (Å²) in [5.41, 5.74) is 3.51. The Hall–Kier alpha value is -2.99. The van der Waals surface area contributed by atoms with E-state index in [1.165, 1.54) is 12.2 Å². The Kier molecular flexibility index (Phi) is 6.21. The van der Waals surface area contributed by atoms with Crippen LogP contribution in [0.5, 0.6) is 11.5 Å². The van der Waals surface area contributed by atoms with Gasteiger partial charge in [-0.05, 0) is 60.9 Å². The Balaban J connectivity index is 1.53. The van der Waals surface area contributed by atoms with Gasteiger partial charge in [0.05, 0.1) is 5.02 Å². The van der Waals surface area contributed by atoms with Gasteiger partial charge in [-0.3, -0.25) is 4.79 Å². The highest BCUT2D eigenvalue weighted by molar-refractivity contribution is 6.32. The fraction of sp³-hybridized carbons (Fsp3) is 0.238. The lowest BCUT2D eigenvalue weighted by molar-refractivity contribution is -0.142. The second-order valence-corrected chi connectivity index (χ2v) is 6.72. The smallest absolute Gasteiger partial charge is 0.331 e. The average molecular weight is 402 g/mol. The lowest BCUT2D eigenvalue weighted by Crippen LogP contribution is -2.20. The zero-order valence-electron chi connectivity index (χ0n) is 15.6. The molecule has 0 saturated carbocycles. The summed E-state index contributed by atoms with van der Waals surface area (Å²) in [6.45, 7) is 4.45. The third-order valence-electron chi connectivity index (χ3n) is 4.17. The quantitative estimate of drug-likeness (QED) is 0.607. The van der Waals surface area contributed by atoms with Gasteiger partial charge in [0, 0.05) is 11.8 Å². The highest BCUT2D eigenvalue weighted by atomic mass is 35.5. The molecule has 1 heterocycles. The number of hydrogen-bond donors (Lipinski definition) is 1. The highest BCUT2D eigenvalue weighted by Gasteiger charge is 2.16. The lowest BCUT2D eigenvalue weighted by atomic mass is 10.1. The normalized spacial score (nSPS) is 12.7. The maximum atomic E-state index is 11.9. The van der Waals surface area contributed by atoms with E-state index in [9.17, 15) is 9.59 Å². The summed E-state index contributed by atoms with van der Waals surface area (Å²) >= 11 is 6.16. The van der Waals surface area contributed by atoms with E-state index in [1.807, 2.05) is 26.0 Å². The number of rotatable bonds is 5. The van der Waals surface area contributed by atoms with Crippen molar-refractivity contribution in [2.24, 2.45) is 0 Å². The molecule has 2 aromatic rings. The molecule has 0 unspecified atom stereocenters. The fourth-order valence-electron chi connectivity index (χ4n) is 2.59. The molecule has 0 atom stereocenters. The summed E-state index contributed by atoms with van der Waals surface area (Å²) in [4.78, 5) is 23.8. The van der Waals surface area contributed by atoms with Gasteiger partial charge in [0.25, 0.3) is 5.91 Å². The minimum atomic E-state index is -0.638. The Morgan fingerprint density at radius 3 is 2.71 bits per heavy atom. The molecule has 0 radical (unpaired) electrons. The third-order valence-corrected chi connectivity index (χ3v) is 4.45. The number of esters is 1. The first kappa shape index (κ1) is 19.8. The Labute approximate surface area is 168 Å². The van der Waals surface area contributed by atoms with Crippen LogP contribution >= 0.6 is 11.6 Å². The fourth-order valence-corrected chi connectivity index (χ4v) is 2.87. The summed E-state index contributed by atoms with van der Waals surface area (Å²) in [6.07, 6.45) is 2.76. The van der Waals surface area contributed by atoms with Crippen LogP contribution in [-0.2, 0) is 14.3 Å². The van der Waals surface area contributed by atoms with Crippen LogP contribution in [0.1, 0.15) is 16.7 Å². The van der Waals surface area contributed by atoms with Crippen molar-refractivity contribution < 1.29 is 23.8 Å². The topological polar surface area (TPSA) is 73.9 Å². The van der Waals surface area contributed by atoms with E-state index in [-0.39, 0.29) is 6.61 Å². The van der Waals surface area contributed by atoms with E-state index in [0.29, 0.717) is 41.0 Å². The van der Waals surface area contributed by atoms with Gasteiger partial charge in [0.15, 0.2) is 18.1 Å². The Morgan fingerprint density at radius 2 is 1.93 bits per heavy atom. The molecule has 146 valence electrons. The van der Waals surface area contributed by atoms with Crippen molar-refractivity contribution in [3.05, 3.63) is 58.1 Å². The van der Waals surface area contributed by atoms with E-state index in [2.05, 4.69) is 5.32 Å². The maximum Gasteiger partial charge on any atom is 0.331 e. The molecular formula is C21H20ClNO5. The van der Waals surface area contributed by atoms with Crippen LogP contribution in [0.4, 0.5) is 5.69 Å². The van der Waals surface area contributed by atoms with Crippen molar-refractivity contribution >= 4 is 35.2 Å². The molecule has 0 aliphatic carbocycles. The van der Waals surface area contributed by atoms with Crippen LogP contribution < -0.4 is 14.8 Å². The Morgan fingerprint density at radius 1 is 1.14 bits per heavy atom. The molecule has 2 aromatic carbocycles. The number of nitrogens with one attached hydrogen (secondary N) is 1. The van der Waals surface area contributed by atoms with Crippen molar-refractivity contribution in [3.8, 4) is 11.5 Å². The van der Waals surface area contributed by atoms with Gasteiger partial charge in [-0.2, -0.15) is 0 Å². The largest absolute Gasteiger partial charge is 0.486 e. The molecule has 3 rings (SSSR count). The van der Waals surface area contributed by atoms with E-state index in [0.717, 1.165) is 11.1 Å². The molecule has 28 heavy (non-hydrogen) atoms. The lowest BCUT2D eigenvalue weighted by Gasteiger charge is -2.19. The van der Waals surface area contributed by atoms with Crippen LogP contribution in [-0.4, -0.2) is 31.7 Å². The van der Waals surface area contributed by atoms with Crippen molar-refractivity contribution in [3.63, 3.8) is 0 Å². The number of halogens is 1. The van der Waals surface area contributed by atoms with Gasteiger partial charge >= 0.3 is 5.97 Å². The van der Waals surface area contributed by atoms with Gasteiger partial charge in [-0.1, -0.05) is 17.7 Å². The molecule has 7 heteroatoms. The Bertz CT molecular complexity index is 939. The van der Waals surface area contributed by atoms with Gasteiger partial charge in [0.2, 0.25) is 0 Å². The minimum Gasteiger partial charge on any atom is -0.486 e. The third kappa shape index (κ3) is 5.04. The monoisotopic (exact) mass is 401 g/mol. The predicted octanol–water partition coefficient (Wildman–Crippen LogP) is 3.92. The van der Waals surface area contributed by atoms with E-state index < -0.39 is 11.9 Å². The number of ether oxygens (including phenoxy) is 3. The summed E-state index contributed by atoms with van der Waals surface area (Å²) in [5, 5.41) is 3.09. The number of carbonyl (C=O) groups is 2. The zero-order valence-corrected chi connectivity index (χ0v) is 16.3. The second-order valence-electron chi connectivity index (χ2n) is 6.32. The molecule has 0 aromatic heterocycles. The highest BCUT2D eigenvalue weighted by Crippen LogP contribution is 2.38. The van der Waals surface area contributed by atoms with Gasteiger partial charge < -0.3 is 19.5 Å². The first-order valence-electron chi connectivity index (χ1n) is 8.73. The van der Waals surface area contributed by atoms with E-state index in [4.69, 9.17) is 25.8 Å². The molecule has 0 saturated heterocycles. The predicted molar refractivity (Wildman–Crippen MR) is 107 cm³/mol. The molecule has 1 N–H and O–H groups in total. The minimum absolute atomic E-state index is 0.377. The summed E-state index contributed by atoms with van der Waals surface area (Å²) in [6, 6.07) is 8.95. The van der Waals surface area contributed by atoms with Crippen LogP contribution in [0, 0.1) is 13.8 Å². The molecule has 1 aliphatic rings. The van der Waals surface area contributed by atoms with Crippen molar-refractivity contribution in [1.82, 2.24) is 0 Å². The summed E-state index contributed by atoms with van der Waals surface area (Å²) < 4.78 is 15.9. The number of anilines is 1. The molecular weight excluding hydrogens is 382 g/mol. The molecule has 0 bridgehead atoms. The van der Waals surface area contributed by atoms with Crippen molar-refractivity contribution in [2.45, 2.75) is 13.8 Å². The van der Waals surface area contributed by atoms with E-state index >= 15 is 0 Å². The van der Waals surface area contributed by atoms with Gasteiger partial charge in [-0.15, -0.1) is 0 Å². The molecule has 0 spiro atoms. The SMILES string of the molecule is Cc1ccc(NC(=O)COC(=O)/C=C\c2cc(Cl)c3c(c2)OCCO3)cc1C. The first-order chi connectivity index (χ1) is 13.4. The summed E-state index contributed by atoms with van der Waals surface area (Å²) in [7, 11) is 0. The van der Waals surface area contributed by atoms with Gasteiger partial charge in [0.1, 0.15) is 13.2 Å². The number of benzene rings is 2. The van der Waals surface area contributed by atoms with Crippen LogP contribution in [0.3, 0.4) is 0 Å². The van der Waals surface area contributed by atoms with E-state index in [1.54, 1.807) is 18.2 Å². The number of carbonyl (C=O) groups excluding carboxylic acids is 2. The average Bonchev–Trinajstić information content (AvgIpc) is 2.68. The number of amides is 1. The van der Waals surface area contributed by atoms with Crippen molar-refractivity contribution in [1.29, 1.82) is 0 Å². The number of hydrogen-bond acceptors (Lipinski definition) is 5. The van der Waals surface area contributed by atoms with Crippen molar-refractivity contribution in [2.75, 3.05) is 25.1 Å². The number of fused-ring (bicyclic) bond motifs is 1. The molecule has 6 nitrogen and oxygen atoms in total.